The number of hydrogen-bond donors (Lipinski definition) is 2. The van der Waals surface area contributed by atoms with E-state index < -0.39 is 0 Å². The molecule has 0 saturated carbocycles. The van der Waals surface area contributed by atoms with Gasteiger partial charge in [0.15, 0.2) is 6.61 Å². The smallest absolute Gasteiger partial charge is 0.257 e. The highest BCUT2D eigenvalue weighted by Crippen LogP contribution is 2.26. The van der Waals surface area contributed by atoms with Gasteiger partial charge in [-0.1, -0.05) is 6.07 Å². The molecule has 0 spiro atoms. The zero-order valence-corrected chi connectivity index (χ0v) is 10.1. The van der Waals surface area contributed by atoms with E-state index in [4.69, 9.17) is 4.74 Å². The molecule has 0 aliphatic carbocycles. The summed E-state index contributed by atoms with van der Waals surface area (Å²) in [6.45, 7) is 3.61. The van der Waals surface area contributed by atoms with Crippen LogP contribution < -0.4 is 15.4 Å². The molecule has 4 heteroatoms. The van der Waals surface area contributed by atoms with E-state index in [1.807, 2.05) is 19.1 Å². The van der Waals surface area contributed by atoms with Crippen LogP contribution in [0, 0.1) is 0 Å². The van der Waals surface area contributed by atoms with Gasteiger partial charge in [-0.25, -0.2) is 0 Å². The molecule has 0 saturated heterocycles. The lowest BCUT2D eigenvalue weighted by Crippen LogP contribution is -2.28. The van der Waals surface area contributed by atoms with Crippen molar-refractivity contribution in [2.75, 3.05) is 25.0 Å². The number of ether oxygens (including phenoxy) is 1. The highest BCUT2D eigenvalue weighted by Gasteiger charge is 2.09. The minimum atomic E-state index is -0.0850. The fraction of sp³-hybridized carbons (Fsp3) is 0.462. The van der Waals surface area contributed by atoms with E-state index in [0.717, 1.165) is 24.4 Å². The summed E-state index contributed by atoms with van der Waals surface area (Å²) in [6.07, 6.45) is 2.28. The standard InChI is InChI=1S/C13H18N2O2/c1-2-14-13(16)9-17-11-6-5-10-4-3-7-15-12(10)8-11/h5-6,8,15H,2-4,7,9H2,1H3,(H,14,16). The van der Waals surface area contributed by atoms with Gasteiger partial charge in [-0.05, 0) is 31.4 Å². The molecular weight excluding hydrogens is 216 g/mol. The number of benzene rings is 1. The number of rotatable bonds is 4. The van der Waals surface area contributed by atoms with Gasteiger partial charge in [-0.2, -0.15) is 0 Å². The average Bonchev–Trinajstić information content (AvgIpc) is 2.36. The lowest BCUT2D eigenvalue weighted by atomic mass is 10.0. The molecule has 1 heterocycles. The largest absolute Gasteiger partial charge is 0.484 e. The summed E-state index contributed by atoms with van der Waals surface area (Å²) in [5.74, 6) is 0.655. The third kappa shape index (κ3) is 3.12. The predicted molar refractivity (Wildman–Crippen MR) is 67.4 cm³/mol. The van der Waals surface area contributed by atoms with Gasteiger partial charge in [-0.15, -0.1) is 0 Å². The van der Waals surface area contributed by atoms with Crippen LogP contribution in [0.1, 0.15) is 18.9 Å². The minimum Gasteiger partial charge on any atom is -0.484 e. The molecule has 4 nitrogen and oxygen atoms in total. The zero-order chi connectivity index (χ0) is 12.1. The van der Waals surface area contributed by atoms with E-state index in [2.05, 4.69) is 16.7 Å². The number of hydrogen-bond acceptors (Lipinski definition) is 3. The van der Waals surface area contributed by atoms with Crippen LogP contribution in [-0.4, -0.2) is 25.6 Å². The zero-order valence-electron chi connectivity index (χ0n) is 10.1. The topological polar surface area (TPSA) is 50.4 Å². The van der Waals surface area contributed by atoms with E-state index in [1.54, 1.807) is 0 Å². The van der Waals surface area contributed by atoms with Crippen LogP contribution in [0.4, 0.5) is 5.69 Å². The van der Waals surface area contributed by atoms with Gasteiger partial charge in [-0.3, -0.25) is 4.79 Å². The lowest BCUT2D eigenvalue weighted by Gasteiger charge is -2.18. The van der Waals surface area contributed by atoms with Gasteiger partial charge >= 0.3 is 0 Å². The van der Waals surface area contributed by atoms with Gasteiger partial charge in [0.25, 0.3) is 5.91 Å². The summed E-state index contributed by atoms with van der Waals surface area (Å²) in [5.41, 5.74) is 2.45. The molecule has 0 atom stereocenters. The predicted octanol–water partition coefficient (Wildman–Crippen LogP) is 1.56. The summed E-state index contributed by atoms with van der Waals surface area (Å²) in [5, 5.41) is 6.03. The number of likely N-dealkylation sites (N-methyl/N-ethyl adjacent to an activating group) is 1. The molecule has 92 valence electrons. The summed E-state index contributed by atoms with van der Waals surface area (Å²) < 4.78 is 5.43. The number of fused-ring (bicyclic) bond motifs is 1. The maximum atomic E-state index is 11.3. The first kappa shape index (κ1) is 11.8. The molecule has 1 aromatic rings. The number of anilines is 1. The van der Waals surface area contributed by atoms with Crippen LogP contribution in [0.15, 0.2) is 18.2 Å². The number of nitrogens with one attached hydrogen (secondary N) is 2. The fourth-order valence-electron chi connectivity index (χ4n) is 1.93. The lowest BCUT2D eigenvalue weighted by molar-refractivity contribution is -0.122. The molecule has 0 fully saturated rings. The highest BCUT2D eigenvalue weighted by molar-refractivity contribution is 5.77. The van der Waals surface area contributed by atoms with Crippen LogP contribution in [0.3, 0.4) is 0 Å². The third-order valence-corrected chi connectivity index (χ3v) is 2.76. The number of carbonyl (C=O) groups excluding carboxylic acids is 1. The molecule has 0 bridgehead atoms. The Morgan fingerprint density at radius 1 is 1.53 bits per heavy atom. The Bertz CT molecular complexity index is 404. The van der Waals surface area contributed by atoms with Crippen molar-refractivity contribution in [3.8, 4) is 5.75 Å². The molecule has 0 unspecified atom stereocenters. The van der Waals surface area contributed by atoms with Crippen molar-refractivity contribution in [1.29, 1.82) is 0 Å². The maximum Gasteiger partial charge on any atom is 0.257 e. The van der Waals surface area contributed by atoms with Crippen molar-refractivity contribution in [3.05, 3.63) is 23.8 Å². The summed E-state index contributed by atoms with van der Waals surface area (Å²) >= 11 is 0. The normalized spacial score (nSPS) is 13.5. The van der Waals surface area contributed by atoms with E-state index >= 15 is 0 Å². The van der Waals surface area contributed by atoms with Crippen molar-refractivity contribution < 1.29 is 9.53 Å². The van der Waals surface area contributed by atoms with Crippen molar-refractivity contribution in [2.24, 2.45) is 0 Å². The van der Waals surface area contributed by atoms with Gasteiger partial charge in [0.1, 0.15) is 5.75 Å². The van der Waals surface area contributed by atoms with Gasteiger partial charge in [0.2, 0.25) is 0 Å². The third-order valence-electron chi connectivity index (χ3n) is 2.76. The number of carbonyl (C=O) groups is 1. The molecule has 2 N–H and O–H groups in total. The highest BCUT2D eigenvalue weighted by atomic mass is 16.5. The number of amides is 1. The van der Waals surface area contributed by atoms with Crippen LogP contribution in [0.25, 0.3) is 0 Å². The van der Waals surface area contributed by atoms with Gasteiger partial charge < -0.3 is 15.4 Å². The minimum absolute atomic E-state index is 0.0760. The van der Waals surface area contributed by atoms with E-state index in [9.17, 15) is 4.79 Å². The first-order chi connectivity index (χ1) is 8.29. The van der Waals surface area contributed by atoms with E-state index in [-0.39, 0.29) is 12.5 Å². The van der Waals surface area contributed by atoms with Crippen LogP contribution >= 0.6 is 0 Å². The van der Waals surface area contributed by atoms with Gasteiger partial charge in [0.05, 0.1) is 0 Å². The van der Waals surface area contributed by atoms with Crippen LogP contribution in [0.5, 0.6) is 5.75 Å². The molecular formula is C13H18N2O2. The van der Waals surface area contributed by atoms with Crippen molar-refractivity contribution in [2.45, 2.75) is 19.8 Å². The summed E-state index contributed by atoms with van der Waals surface area (Å²) in [6, 6.07) is 5.95. The van der Waals surface area contributed by atoms with Crippen LogP contribution in [-0.2, 0) is 11.2 Å². The van der Waals surface area contributed by atoms with E-state index in [1.165, 1.54) is 12.0 Å². The second-order valence-corrected chi connectivity index (χ2v) is 4.09. The molecule has 1 aliphatic rings. The van der Waals surface area contributed by atoms with Crippen molar-refractivity contribution in [1.82, 2.24) is 5.32 Å². The second kappa shape index (κ2) is 5.57. The molecule has 2 rings (SSSR count). The van der Waals surface area contributed by atoms with Gasteiger partial charge in [0, 0.05) is 24.8 Å². The quantitative estimate of drug-likeness (QED) is 0.831. The number of aryl methyl sites for hydroxylation is 1. The maximum absolute atomic E-state index is 11.3. The Balaban J connectivity index is 1.95. The summed E-state index contributed by atoms with van der Waals surface area (Å²) in [7, 11) is 0. The monoisotopic (exact) mass is 234 g/mol. The Kier molecular flexibility index (Phi) is 3.85. The molecule has 0 radical (unpaired) electrons. The average molecular weight is 234 g/mol. The molecule has 1 aliphatic heterocycles. The van der Waals surface area contributed by atoms with Crippen molar-refractivity contribution in [3.63, 3.8) is 0 Å². The first-order valence-corrected chi connectivity index (χ1v) is 6.06. The Labute approximate surface area is 101 Å². The SMILES string of the molecule is CCNC(=O)COc1ccc2c(c1)NCCC2. The van der Waals surface area contributed by atoms with Crippen LogP contribution in [0.2, 0.25) is 0 Å². The second-order valence-electron chi connectivity index (χ2n) is 4.09. The Morgan fingerprint density at radius 2 is 2.41 bits per heavy atom. The molecule has 0 aromatic heterocycles. The molecule has 1 aromatic carbocycles. The first-order valence-electron chi connectivity index (χ1n) is 6.06. The Hall–Kier alpha value is -1.71. The van der Waals surface area contributed by atoms with Crippen molar-refractivity contribution >= 4 is 11.6 Å². The molecule has 1 amide bonds. The fourth-order valence-corrected chi connectivity index (χ4v) is 1.93. The molecule has 17 heavy (non-hydrogen) atoms. The van der Waals surface area contributed by atoms with E-state index in [0.29, 0.717) is 6.54 Å². The summed E-state index contributed by atoms with van der Waals surface area (Å²) in [4.78, 5) is 11.3. The Morgan fingerprint density at radius 3 is 3.24 bits per heavy atom.